The number of halogens is 5. The molecule has 4 aromatic heterocycles. The van der Waals surface area contributed by atoms with Crippen LogP contribution in [0.4, 0.5) is 32.8 Å². The first-order valence-electron chi connectivity index (χ1n) is 20.8. The van der Waals surface area contributed by atoms with E-state index in [0.29, 0.717) is 63.3 Å². The van der Waals surface area contributed by atoms with E-state index in [1.807, 2.05) is 18.2 Å². The van der Waals surface area contributed by atoms with E-state index >= 15 is 0 Å². The quantitative estimate of drug-likeness (QED) is 0.0922. The van der Waals surface area contributed by atoms with Gasteiger partial charge in [-0.25, -0.2) is 31.9 Å². The van der Waals surface area contributed by atoms with Gasteiger partial charge in [0.1, 0.15) is 35.5 Å². The Labute approximate surface area is 362 Å². The van der Waals surface area contributed by atoms with Crippen LogP contribution >= 0.6 is 11.3 Å². The molecule has 3 aromatic carbocycles. The summed E-state index contributed by atoms with van der Waals surface area (Å²) in [5, 5.41) is 7.92. The Morgan fingerprint density at radius 2 is 1.65 bits per heavy atom. The Morgan fingerprint density at radius 3 is 2.37 bits per heavy atom. The average Bonchev–Trinajstić information content (AvgIpc) is 3.55. The summed E-state index contributed by atoms with van der Waals surface area (Å²) in [6.45, 7) is 3.65. The first-order chi connectivity index (χ1) is 30.4. The average molecular weight is 878 g/mol. The lowest BCUT2D eigenvalue weighted by molar-refractivity contribution is -0.122. The van der Waals surface area contributed by atoms with Crippen molar-refractivity contribution in [2.45, 2.75) is 57.5 Å². The number of amides is 1. The normalized spacial score (nSPS) is 17.5. The highest BCUT2D eigenvalue weighted by atomic mass is 32.1. The third kappa shape index (κ3) is 8.05. The van der Waals surface area contributed by atoms with Crippen LogP contribution in [0.5, 0.6) is 0 Å². The maximum Gasteiger partial charge on any atom is 0.282 e. The number of imidazole rings is 1. The molecule has 1 saturated carbocycles. The number of H-pyrrole nitrogens is 1. The number of carbonyl (C=O) groups is 2. The van der Waals surface area contributed by atoms with Crippen LogP contribution in [0, 0.1) is 23.4 Å². The fourth-order valence-electron chi connectivity index (χ4n) is 9.16. The summed E-state index contributed by atoms with van der Waals surface area (Å²) in [5.74, 6) is -2.22. The number of benzene rings is 3. The van der Waals surface area contributed by atoms with Gasteiger partial charge in [-0.15, -0.1) is 0 Å². The van der Waals surface area contributed by atoms with E-state index < -0.39 is 41.6 Å². The predicted molar refractivity (Wildman–Crippen MR) is 229 cm³/mol. The Morgan fingerprint density at radius 1 is 0.905 bits per heavy atom. The van der Waals surface area contributed by atoms with E-state index in [1.54, 1.807) is 12.4 Å². The Hall–Kier alpha value is -6.49. The van der Waals surface area contributed by atoms with Gasteiger partial charge in [0.05, 0.1) is 22.0 Å². The Bertz CT molecular complexity index is 2850. The number of aromatic amines is 1. The van der Waals surface area contributed by atoms with Crippen molar-refractivity contribution < 1.29 is 31.5 Å². The first-order valence-corrected chi connectivity index (χ1v) is 21.6. The molecule has 63 heavy (non-hydrogen) atoms. The van der Waals surface area contributed by atoms with Crippen molar-refractivity contribution in [3.63, 3.8) is 0 Å². The number of nitrogens with one attached hydrogen (secondary N) is 2. The minimum Gasteiger partial charge on any atom is -0.368 e. The minimum absolute atomic E-state index is 0.0541. The lowest BCUT2D eigenvalue weighted by atomic mass is 9.94. The van der Waals surface area contributed by atoms with E-state index in [1.165, 1.54) is 41.1 Å². The third-order valence-corrected chi connectivity index (χ3v) is 13.4. The Balaban J connectivity index is 0.998. The number of hydrogen-bond acceptors (Lipinski definition) is 9. The van der Waals surface area contributed by atoms with Gasteiger partial charge in [0.15, 0.2) is 16.6 Å². The second-order valence-corrected chi connectivity index (χ2v) is 17.4. The van der Waals surface area contributed by atoms with Gasteiger partial charge in [0, 0.05) is 78.6 Å². The lowest BCUT2D eigenvalue weighted by Crippen LogP contribution is -2.46. The van der Waals surface area contributed by atoms with Gasteiger partial charge in [-0.2, -0.15) is 10.1 Å². The van der Waals surface area contributed by atoms with Gasteiger partial charge < -0.3 is 20.1 Å². The summed E-state index contributed by atoms with van der Waals surface area (Å²) < 4.78 is 74.7. The molecule has 0 radical (unpaired) electrons. The van der Waals surface area contributed by atoms with Gasteiger partial charge in [-0.05, 0) is 104 Å². The second-order valence-electron chi connectivity index (χ2n) is 16.4. The molecule has 1 saturated heterocycles. The van der Waals surface area contributed by atoms with Crippen LogP contribution in [0.2, 0.25) is 0 Å². The van der Waals surface area contributed by atoms with Crippen molar-refractivity contribution in [2.24, 2.45) is 5.92 Å². The predicted octanol–water partition coefficient (Wildman–Crippen LogP) is 8.98. The molecule has 17 heteroatoms. The maximum absolute atomic E-state index is 15.0. The number of Topliss-reactive ketones (excluding diaryl/α,β-unsaturated/α-hetero) is 1. The fraction of sp³-hybridized carbons (Fsp3) is 0.304. The van der Waals surface area contributed by atoms with Gasteiger partial charge in [0.2, 0.25) is 5.91 Å². The van der Waals surface area contributed by atoms with Crippen molar-refractivity contribution in [1.29, 1.82) is 0 Å². The zero-order valence-corrected chi connectivity index (χ0v) is 34.7. The number of ketones is 1. The number of aromatic nitrogens is 6. The van der Waals surface area contributed by atoms with Crippen LogP contribution in [0.25, 0.3) is 32.9 Å². The maximum atomic E-state index is 15.0. The molecule has 5 heterocycles. The second kappa shape index (κ2) is 16.3. The van der Waals surface area contributed by atoms with Gasteiger partial charge >= 0.3 is 0 Å². The van der Waals surface area contributed by atoms with Crippen LogP contribution in [0.1, 0.15) is 76.7 Å². The highest BCUT2D eigenvalue weighted by Crippen LogP contribution is 2.55. The van der Waals surface area contributed by atoms with E-state index in [9.17, 15) is 31.5 Å². The summed E-state index contributed by atoms with van der Waals surface area (Å²) in [6, 6.07) is 16.1. The summed E-state index contributed by atoms with van der Waals surface area (Å²) in [5.41, 5.74) is 4.41. The number of piperazine rings is 1. The molecular weight excluding hydrogens is 838 g/mol. The molecule has 7 aromatic rings. The molecule has 0 bridgehead atoms. The van der Waals surface area contributed by atoms with Crippen molar-refractivity contribution in [2.75, 3.05) is 36.0 Å². The van der Waals surface area contributed by atoms with Crippen LogP contribution in [-0.2, 0) is 24.2 Å². The van der Waals surface area contributed by atoms with Crippen LogP contribution in [0.15, 0.2) is 79.1 Å². The molecule has 1 aliphatic heterocycles. The topological polar surface area (TPSA) is 125 Å². The number of nitrogens with zero attached hydrogens (tertiary/aromatic N) is 7. The smallest absolute Gasteiger partial charge is 0.282 e. The van der Waals surface area contributed by atoms with Gasteiger partial charge in [-0.1, -0.05) is 17.4 Å². The SMILES string of the molecule is CC(=O)c1cc(-c2cc3sc(N4CCN(c5ccc(-c6ncc[nH]6)cc5)CC4)nc3nc2[C@H](Cc2cc(F)cc(F)c2)NC(=O)Cn2nc(C(F)F)c3c2C2CC2CC3)ccc1F. The number of fused-ring (bicyclic) bond motifs is 4. The van der Waals surface area contributed by atoms with Crippen molar-refractivity contribution in [3.8, 4) is 22.5 Å². The summed E-state index contributed by atoms with van der Waals surface area (Å²) in [4.78, 5) is 48.6. The number of hydrogen-bond donors (Lipinski definition) is 2. The van der Waals surface area contributed by atoms with Gasteiger partial charge in [0.25, 0.3) is 6.43 Å². The molecule has 1 amide bonds. The largest absolute Gasteiger partial charge is 0.368 e. The third-order valence-electron chi connectivity index (χ3n) is 12.3. The molecule has 2 aliphatic carbocycles. The zero-order valence-electron chi connectivity index (χ0n) is 33.9. The molecule has 3 atom stereocenters. The number of anilines is 2. The van der Waals surface area contributed by atoms with Crippen LogP contribution in [0.3, 0.4) is 0 Å². The standard InChI is InChI=1S/C46H40F5N9O2S/c1-24(61)33-19-27(5-9-36(33)49)34-22-38-45(56-46(63-38)59-14-12-58(13-15-59)31-6-2-26(3-7-31)44-52-10-11-53-44)55-40(34)37(18-25-16-29(47)21-30(48)17-25)54-39(62)23-60-42-32(41(57-60)43(50)51)8-4-28-20-35(28)42/h2-3,5-7,9-11,16-17,19,21-22,28,35,37,43H,4,8,12-15,18,20,23H2,1H3,(H,52,53)(H,54,62)/t28?,35?,37-/m0/s1. The zero-order chi connectivity index (χ0) is 43.5. The summed E-state index contributed by atoms with van der Waals surface area (Å²) in [7, 11) is 0. The summed E-state index contributed by atoms with van der Waals surface area (Å²) >= 11 is 1.41. The van der Waals surface area contributed by atoms with E-state index in [-0.39, 0.29) is 41.4 Å². The molecule has 10 rings (SSSR count). The van der Waals surface area contributed by atoms with Gasteiger partial charge in [-0.3, -0.25) is 14.3 Å². The molecule has 2 N–H and O–H groups in total. The lowest BCUT2D eigenvalue weighted by Gasteiger charge is -2.36. The molecular formula is C46H40F5N9O2S. The monoisotopic (exact) mass is 877 g/mol. The van der Waals surface area contributed by atoms with E-state index in [2.05, 4.69) is 42.3 Å². The molecule has 2 unspecified atom stereocenters. The minimum atomic E-state index is -2.81. The van der Waals surface area contributed by atoms with Crippen molar-refractivity contribution in [1.82, 2.24) is 35.0 Å². The van der Waals surface area contributed by atoms with Crippen molar-refractivity contribution >= 4 is 44.2 Å². The van der Waals surface area contributed by atoms with Crippen LogP contribution < -0.4 is 15.1 Å². The first kappa shape index (κ1) is 40.6. The highest BCUT2D eigenvalue weighted by molar-refractivity contribution is 7.22. The number of alkyl halides is 2. The van der Waals surface area contributed by atoms with Crippen LogP contribution in [-0.4, -0.2) is 67.6 Å². The number of carbonyl (C=O) groups excluding carboxylic acids is 2. The molecule has 0 spiro atoms. The Kier molecular flexibility index (Phi) is 10.5. The number of rotatable bonds is 12. The van der Waals surface area contributed by atoms with E-state index in [0.717, 1.165) is 61.2 Å². The summed E-state index contributed by atoms with van der Waals surface area (Å²) in [6.07, 6.45) is 2.66. The van der Waals surface area contributed by atoms with Crippen molar-refractivity contribution in [3.05, 3.63) is 130 Å². The molecule has 2 fully saturated rings. The fourth-order valence-corrected chi connectivity index (χ4v) is 10.2. The number of pyridine rings is 1. The molecule has 322 valence electrons. The van der Waals surface area contributed by atoms with E-state index in [4.69, 9.17) is 9.97 Å². The molecule has 11 nitrogen and oxygen atoms in total. The highest BCUT2D eigenvalue weighted by Gasteiger charge is 2.47. The molecule has 3 aliphatic rings. The number of thiazole rings is 1.